The number of nitrogens with one attached hydrogen (secondary N) is 1. The number of rotatable bonds is 6. The molecule has 1 atom stereocenters. The van der Waals surface area contributed by atoms with E-state index in [1.54, 1.807) is 11.3 Å². The number of ether oxygens (including phenoxy) is 1. The van der Waals surface area contributed by atoms with Crippen molar-refractivity contribution in [3.8, 4) is 10.4 Å². The SMILES string of the molecule is CC(C)c1cc(NC(=O)O[C@H]2CN3CCC2CC3)c(-c2ccccc2)s1.O=C(O)/C=C/C(=O)O. The van der Waals surface area contributed by atoms with Crippen LogP contribution in [-0.4, -0.2) is 58.9 Å². The van der Waals surface area contributed by atoms with Crippen molar-refractivity contribution < 1.29 is 29.3 Å². The van der Waals surface area contributed by atoms with Crippen LogP contribution in [0.25, 0.3) is 10.4 Å². The van der Waals surface area contributed by atoms with E-state index in [9.17, 15) is 14.4 Å². The molecule has 0 aliphatic carbocycles. The molecule has 2 bridgehead atoms. The van der Waals surface area contributed by atoms with Crippen LogP contribution < -0.4 is 5.32 Å². The van der Waals surface area contributed by atoms with Crippen molar-refractivity contribution in [2.45, 2.75) is 38.7 Å². The molecule has 3 N–H and O–H groups in total. The number of thiophene rings is 1. The number of carbonyl (C=O) groups is 3. The lowest BCUT2D eigenvalue weighted by molar-refractivity contribution is -0.134. The monoisotopic (exact) mass is 486 g/mol. The Kier molecular flexibility index (Phi) is 8.84. The predicted molar refractivity (Wildman–Crippen MR) is 131 cm³/mol. The predicted octanol–water partition coefficient (Wildman–Crippen LogP) is 4.89. The molecule has 3 fully saturated rings. The van der Waals surface area contributed by atoms with Crippen molar-refractivity contribution in [2.75, 3.05) is 25.0 Å². The fourth-order valence-corrected chi connectivity index (χ4v) is 5.18. The number of carbonyl (C=O) groups excluding carboxylic acids is 1. The molecule has 2 aromatic rings. The molecule has 5 rings (SSSR count). The van der Waals surface area contributed by atoms with Crippen molar-refractivity contribution in [1.82, 2.24) is 4.90 Å². The fraction of sp³-hybridized carbons (Fsp3) is 0.400. The van der Waals surface area contributed by atoms with Gasteiger partial charge in [-0.1, -0.05) is 44.2 Å². The molecule has 8 nitrogen and oxygen atoms in total. The van der Waals surface area contributed by atoms with Crippen molar-refractivity contribution in [1.29, 1.82) is 0 Å². The second-order valence-corrected chi connectivity index (χ2v) is 9.71. The Morgan fingerprint density at radius 3 is 2.21 bits per heavy atom. The highest BCUT2D eigenvalue weighted by Gasteiger charge is 2.36. The average Bonchev–Trinajstić information content (AvgIpc) is 3.23. The van der Waals surface area contributed by atoms with Gasteiger partial charge in [0.25, 0.3) is 0 Å². The van der Waals surface area contributed by atoms with Gasteiger partial charge < -0.3 is 14.9 Å². The summed E-state index contributed by atoms with van der Waals surface area (Å²) in [7, 11) is 0. The first-order valence-corrected chi connectivity index (χ1v) is 12.1. The quantitative estimate of drug-likeness (QED) is 0.498. The smallest absolute Gasteiger partial charge is 0.411 e. The summed E-state index contributed by atoms with van der Waals surface area (Å²) in [4.78, 5) is 36.4. The van der Waals surface area contributed by atoms with Gasteiger partial charge in [-0.25, -0.2) is 14.4 Å². The Labute approximate surface area is 202 Å². The summed E-state index contributed by atoms with van der Waals surface area (Å²) in [5, 5.41) is 18.6. The van der Waals surface area contributed by atoms with E-state index in [1.165, 1.54) is 4.88 Å². The largest absolute Gasteiger partial charge is 0.478 e. The van der Waals surface area contributed by atoms with Crippen LogP contribution >= 0.6 is 11.3 Å². The molecule has 0 spiro atoms. The van der Waals surface area contributed by atoms with E-state index in [-0.39, 0.29) is 12.2 Å². The third-order valence-corrected chi connectivity index (χ3v) is 7.30. The van der Waals surface area contributed by atoms with Gasteiger partial charge in [0.1, 0.15) is 6.10 Å². The second kappa shape index (κ2) is 11.8. The molecule has 1 amide bonds. The Bertz CT molecular complexity index is 1010. The maximum atomic E-state index is 12.6. The standard InChI is InChI=1S/C21H26N2O2S.C4H4O4/c1-14(2)19-12-17(20(26-19)16-6-4-3-5-7-16)22-21(24)25-18-13-23-10-8-15(18)9-11-23;5-3(6)1-2-4(7)8/h3-7,12,14-15,18H,8-11,13H2,1-2H3,(H,22,24);1-2H,(H,5,6)(H,7,8)/b;2-1+/t18-;/m0./s1. The second-order valence-electron chi connectivity index (χ2n) is 8.63. The lowest BCUT2D eigenvalue weighted by atomic mass is 9.86. The zero-order chi connectivity index (χ0) is 24.7. The van der Waals surface area contributed by atoms with Gasteiger partial charge in [0, 0.05) is 23.6 Å². The molecule has 0 radical (unpaired) electrons. The summed E-state index contributed by atoms with van der Waals surface area (Å²) >= 11 is 1.74. The molecule has 9 heteroatoms. The number of hydrogen-bond acceptors (Lipinski definition) is 6. The molecular formula is C25H30N2O6S. The molecule has 1 aromatic heterocycles. The molecule has 0 saturated carbocycles. The average molecular weight is 487 g/mol. The number of nitrogens with zero attached hydrogens (tertiary/aromatic N) is 1. The van der Waals surface area contributed by atoms with Gasteiger partial charge in [-0.05, 0) is 49.4 Å². The van der Waals surface area contributed by atoms with Gasteiger partial charge in [0.15, 0.2) is 0 Å². The van der Waals surface area contributed by atoms with E-state index < -0.39 is 11.9 Å². The first kappa shape index (κ1) is 25.5. The van der Waals surface area contributed by atoms with Gasteiger partial charge in [-0.15, -0.1) is 11.3 Å². The van der Waals surface area contributed by atoms with E-state index in [0.29, 0.717) is 24.0 Å². The van der Waals surface area contributed by atoms with Crippen LogP contribution in [0.1, 0.15) is 37.5 Å². The van der Waals surface area contributed by atoms with Crippen LogP contribution in [0.15, 0.2) is 48.6 Å². The summed E-state index contributed by atoms with van der Waals surface area (Å²) in [6, 6.07) is 12.3. The zero-order valence-corrected chi connectivity index (χ0v) is 20.1. The normalized spacial score (nSPS) is 21.1. The maximum absolute atomic E-state index is 12.6. The Morgan fingerprint density at radius 2 is 1.71 bits per heavy atom. The van der Waals surface area contributed by atoms with Crippen LogP contribution in [0.2, 0.25) is 0 Å². The number of anilines is 1. The van der Waals surface area contributed by atoms with Crippen LogP contribution in [0, 0.1) is 5.92 Å². The number of fused-ring (bicyclic) bond motifs is 3. The lowest BCUT2D eigenvalue weighted by Gasteiger charge is -2.43. The van der Waals surface area contributed by atoms with Gasteiger partial charge in [0.2, 0.25) is 0 Å². The van der Waals surface area contributed by atoms with Crippen molar-refractivity contribution in [3.63, 3.8) is 0 Å². The van der Waals surface area contributed by atoms with E-state index in [4.69, 9.17) is 14.9 Å². The summed E-state index contributed by atoms with van der Waals surface area (Å²) in [5.41, 5.74) is 1.98. The molecular weight excluding hydrogens is 456 g/mol. The Hall–Kier alpha value is -3.17. The van der Waals surface area contributed by atoms with Crippen LogP contribution in [-0.2, 0) is 14.3 Å². The van der Waals surface area contributed by atoms with Crippen molar-refractivity contribution in [2.24, 2.45) is 5.92 Å². The molecule has 1 aromatic carbocycles. The number of amides is 1. The molecule has 182 valence electrons. The molecule has 3 aliphatic rings. The maximum Gasteiger partial charge on any atom is 0.411 e. The summed E-state index contributed by atoms with van der Waals surface area (Å²) in [5.74, 6) is -1.57. The minimum Gasteiger partial charge on any atom is -0.478 e. The van der Waals surface area contributed by atoms with Crippen molar-refractivity contribution in [3.05, 3.63) is 53.4 Å². The van der Waals surface area contributed by atoms with Gasteiger partial charge >= 0.3 is 18.0 Å². The highest BCUT2D eigenvalue weighted by Crippen LogP contribution is 2.40. The van der Waals surface area contributed by atoms with Gasteiger partial charge in [-0.3, -0.25) is 10.2 Å². The van der Waals surface area contributed by atoms with E-state index in [0.717, 1.165) is 48.6 Å². The van der Waals surface area contributed by atoms with E-state index in [2.05, 4.69) is 42.3 Å². The Balaban J connectivity index is 0.000000350. The molecule has 4 heterocycles. The number of carboxylic acid groups (broad SMARTS) is 2. The van der Waals surface area contributed by atoms with E-state index >= 15 is 0 Å². The highest BCUT2D eigenvalue weighted by atomic mass is 32.1. The van der Waals surface area contributed by atoms with Crippen LogP contribution in [0.5, 0.6) is 0 Å². The van der Waals surface area contributed by atoms with Crippen LogP contribution in [0.4, 0.5) is 10.5 Å². The highest BCUT2D eigenvalue weighted by molar-refractivity contribution is 7.16. The first-order valence-electron chi connectivity index (χ1n) is 11.3. The summed E-state index contributed by atoms with van der Waals surface area (Å²) in [6.07, 6.45) is 3.10. The van der Waals surface area contributed by atoms with Gasteiger partial charge in [-0.2, -0.15) is 0 Å². The number of piperidine rings is 3. The first-order chi connectivity index (χ1) is 16.2. The number of aliphatic carboxylic acids is 2. The Morgan fingerprint density at radius 1 is 1.09 bits per heavy atom. The third kappa shape index (κ3) is 7.16. The molecule has 34 heavy (non-hydrogen) atoms. The topological polar surface area (TPSA) is 116 Å². The van der Waals surface area contributed by atoms with Crippen LogP contribution in [0.3, 0.4) is 0 Å². The summed E-state index contributed by atoms with van der Waals surface area (Å²) in [6.45, 7) is 7.52. The molecule has 3 saturated heterocycles. The number of carboxylic acids is 2. The minimum atomic E-state index is -1.26. The molecule has 0 unspecified atom stereocenters. The number of hydrogen-bond donors (Lipinski definition) is 3. The molecule has 3 aliphatic heterocycles. The van der Waals surface area contributed by atoms with Gasteiger partial charge in [0.05, 0.1) is 10.6 Å². The summed E-state index contributed by atoms with van der Waals surface area (Å²) < 4.78 is 5.80. The van der Waals surface area contributed by atoms with Crippen molar-refractivity contribution >= 4 is 35.1 Å². The van der Waals surface area contributed by atoms with E-state index in [1.807, 2.05) is 18.2 Å². The fourth-order valence-electron chi connectivity index (χ4n) is 4.06. The third-order valence-electron chi connectivity index (χ3n) is 5.82. The minimum absolute atomic E-state index is 0.0286. The number of benzene rings is 1. The zero-order valence-electron chi connectivity index (χ0n) is 19.3. The lowest BCUT2D eigenvalue weighted by Crippen LogP contribution is -2.52.